The first-order valence-corrected chi connectivity index (χ1v) is 9.85. The van der Waals surface area contributed by atoms with Crippen molar-refractivity contribution in [3.8, 4) is 23.0 Å². The second kappa shape index (κ2) is 8.12. The maximum atomic E-state index is 15.0. The van der Waals surface area contributed by atoms with Gasteiger partial charge in [0.05, 0.1) is 18.0 Å². The van der Waals surface area contributed by atoms with Crippen LogP contribution < -0.4 is 10.1 Å². The molecule has 3 heterocycles. The number of aromatic amines is 1. The maximum Gasteiger partial charge on any atom is 0.288 e. The quantitative estimate of drug-likeness (QED) is 0.391. The second-order valence-corrected chi connectivity index (χ2v) is 7.33. The molecular formula is C23H15F2N7O. The first kappa shape index (κ1) is 20.3. The van der Waals surface area contributed by atoms with Gasteiger partial charge in [-0.1, -0.05) is 17.7 Å². The topological polar surface area (TPSA) is 93.0 Å². The Labute approximate surface area is 186 Å². The minimum Gasteiger partial charge on any atom is -0.446 e. The Morgan fingerprint density at radius 2 is 2.06 bits per heavy atom. The van der Waals surface area contributed by atoms with Gasteiger partial charge in [0.15, 0.2) is 17.4 Å². The van der Waals surface area contributed by atoms with E-state index in [0.717, 1.165) is 18.0 Å². The van der Waals surface area contributed by atoms with E-state index in [2.05, 4.69) is 35.3 Å². The lowest BCUT2D eigenvalue weighted by Crippen LogP contribution is -2.01. The van der Waals surface area contributed by atoms with Crippen molar-refractivity contribution in [2.24, 2.45) is 0 Å². The van der Waals surface area contributed by atoms with E-state index in [9.17, 15) is 8.78 Å². The number of hydrogen-bond acceptors (Lipinski definition) is 6. The van der Waals surface area contributed by atoms with Crippen LogP contribution in [0.15, 0.2) is 48.4 Å². The van der Waals surface area contributed by atoms with E-state index >= 15 is 0 Å². The third kappa shape index (κ3) is 3.76. The molecule has 0 unspecified atom stereocenters. The van der Waals surface area contributed by atoms with Crippen molar-refractivity contribution in [2.45, 2.75) is 13.3 Å². The van der Waals surface area contributed by atoms with Gasteiger partial charge >= 0.3 is 0 Å². The van der Waals surface area contributed by atoms with Crippen molar-refractivity contribution in [3.63, 3.8) is 0 Å². The Morgan fingerprint density at radius 1 is 1.18 bits per heavy atom. The van der Waals surface area contributed by atoms with E-state index in [0.29, 0.717) is 23.6 Å². The summed E-state index contributed by atoms with van der Waals surface area (Å²) in [6, 6.07) is 8.13. The molecule has 1 aromatic carbocycles. The predicted octanol–water partition coefficient (Wildman–Crippen LogP) is 5.59. The molecule has 0 amide bonds. The van der Waals surface area contributed by atoms with Gasteiger partial charge in [-0.2, -0.15) is 5.10 Å². The fourth-order valence-electron chi connectivity index (χ4n) is 3.53. The zero-order valence-corrected chi connectivity index (χ0v) is 17.2. The number of allylic oxidation sites excluding steroid dienone is 1. The largest absolute Gasteiger partial charge is 0.446 e. The molecule has 3 aromatic heterocycles. The van der Waals surface area contributed by atoms with Crippen molar-refractivity contribution in [1.29, 1.82) is 0 Å². The van der Waals surface area contributed by atoms with Gasteiger partial charge in [0.1, 0.15) is 18.0 Å². The SMILES string of the molecule is [C-]#[N+]c1c(Nc2cc(-c3ccccn3)[nH]n2)ncnc1Oc1cc(F)c2c(c1F)C=C(C)C2. The standard InChI is InChI=1S/C23H15F2N7O/c1-12-7-13-14(8-12)20(25)18(9-15(13)24)33-23-21(26-2)22(28-11-29-23)30-19-10-17(31-32-19)16-5-3-4-6-27-16/h3-6,8-11H,7H2,1H3,(H2,28,29,30,31,32). The number of H-pyrrole nitrogens is 1. The van der Waals surface area contributed by atoms with Crippen LogP contribution in [0.25, 0.3) is 22.3 Å². The zero-order chi connectivity index (χ0) is 22.9. The molecule has 8 nitrogen and oxygen atoms in total. The molecule has 0 saturated heterocycles. The van der Waals surface area contributed by atoms with Crippen LogP contribution in [0.2, 0.25) is 0 Å². The monoisotopic (exact) mass is 443 g/mol. The molecular weight excluding hydrogens is 428 g/mol. The van der Waals surface area contributed by atoms with Crippen LogP contribution in [0.3, 0.4) is 0 Å². The number of fused-ring (bicyclic) bond motifs is 1. The van der Waals surface area contributed by atoms with E-state index in [1.54, 1.807) is 31.3 Å². The molecule has 4 aromatic rings. The number of benzene rings is 1. The van der Waals surface area contributed by atoms with Crippen molar-refractivity contribution < 1.29 is 13.5 Å². The molecule has 0 bridgehead atoms. The van der Waals surface area contributed by atoms with Gasteiger partial charge in [-0.3, -0.25) is 10.1 Å². The summed E-state index contributed by atoms with van der Waals surface area (Å²) in [6.45, 7) is 9.35. The van der Waals surface area contributed by atoms with Crippen molar-refractivity contribution in [1.82, 2.24) is 25.1 Å². The number of hydrogen-bond donors (Lipinski definition) is 2. The average molecular weight is 443 g/mol. The van der Waals surface area contributed by atoms with Gasteiger partial charge in [-0.15, -0.1) is 0 Å². The van der Waals surface area contributed by atoms with Crippen molar-refractivity contribution in [2.75, 3.05) is 5.32 Å². The van der Waals surface area contributed by atoms with Crippen molar-refractivity contribution in [3.05, 3.63) is 82.6 Å². The van der Waals surface area contributed by atoms with Crippen LogP contribution in [0.5, 0.6) is 11.6 Å². The highest BCUT2D eigenvalue weighted by molar-refractivity contribution is 5.76. The molecule has 2 N–H and O–H groups in total. The summed E-state index contributed by atoms with van der Waals surface area (Å²) in [5.74, 6) is -1.37. The summed E-state index contributed by atoms with van der Waals surface area (Å²) in [4.78, 5) is 15.7. The van der Waals surface area contributed by atoms with Crippen LogP contribution in [-0.4, -0.2) is 25.1 Å². The number of pyridine rings is 1. The minimum atomic E-state index is -0.709. The lowest BCUT2D eigenvalue weighted by Gasteiger charge is -2.12. The number of aromatic nitrogens is 5. The Balaban J connectivity index is 1.45. The molecule has 1 aliphatic carbocycles. The van der Waals surface area contributed by atoms with Gasteiger partial charge in [-0.25, -0.2) is 23.6 Å². The minimum absolute atomic E-state index is 0.104. The summed E-state index contributed by atoms with van der Waals surface area (Å²) in [5.41, 5.74) is 2.53. The predicted molar refractivity (Wildman–Crippen MR) is 117 cm³/mol. The molecule has 10 heteroatoms. The third-order valence-electron chi connectivity index (χ3n) is 5.04. The molecule has 0 saturated carbocycles. The zero-order valence-electron chi connectivity index (χ0n) is 17.2. The van der Waals surface area contributed by atoms with E-state index < -0.39 is 11.6 Å². The highest BCUT2D eigenvalue weighted by Crippen LogP contribution is 2.40. The fraction of sp³-hybridized carbons (Fsp3) is 0.0870. The number of halogens is 2. The number of ether oxygens (including phenoxy) is 1. The molecule has 1 aliphatic rings. The van der Waals surface area contributed by atoms with E-state index in [1.807, 2.05) is 12.1 Å². The second-order valence-electron chi connectivity index (χ2n) is 7.33. The number of nitrogens with zero attached hydrogens (tertiary/aromatic N) is 5. The Hall–Kier alpha value is -4.65. The Kier molecular flexibility index (Phi) is 4.99. The molecule has 162 valence electrons. The lowest BCUT2D eigenvalue weighted by molar-refractivity contribution is 0.422. The third-order valence-corrected chi connectivity index (χ3v) is 5.04. The molecule has 0 atom stereocenters. The van der Waals surface area contributed by atoms with E-state index in [4.69, 9.17) is 11.3 Å². The van der Waals surface area contributed by atoms with Gasteiger partial charge in [0, 0.05) is 29.5 Å². The van der Waals surface area contributed by atoms with Crippen LogP contribution in [0, 0.1) is 18.2 Å². The van der Waals surface area contributed by atoms with Crippen LogP contribution in [0.1, 0.15) is 18.1 Å². The van der Waals surface area contributed by atoms with Gasteiger partial charge < -0.3 is 10.1 Å². The number of rotatable bonds is 5. The smallest absolute Gasteiger partial charge is 0.288 e. The summed E-state index contributed by atoms with van der Waals surface area (Å²) in [6.07, 6.45) is 4.74. The van der Waals surface area contributed by atoms with Gasteiger partial charge in [0.2, 0.25) is 5.88 Å². The molecule has 0 radical (unpaired) electrons. The molecule has 0 spiro atoms. The molecule has 0 fully saturated rings. The lowest BCUT2D eigenvalue weighted by atomic mass is 10.1. The number of anilines is 2. The van der Waals surface area contributed by atoms with Gasteiger partial charge in [-0.05, 0) is 25.5 Å². The van der Waals surface area contributed by atoms with Crippen LogP contribution >= 0.6 is 0 Å². The first-order chi connectivity index (χ1) is 16.0. The van der Waals surface area contributed by atoms with Crippen molar-refractivity contribution >= 4 is 23.4 Å². The Bertz CT molecular complexity index is 1440. The number of nitrogens with one attached hydrogen (secondary N) is 2. The molecule has 5 rings (SSSR count). The molecule has 33 heavy (non-hydrogen) atoms. The summed E-state index contributed by atoms with van der Waals surface area (Å²) >= 11 is 0. The van der Waals surface area contributed by atoms with Gasteiger partial charge in [0.25, 0.3) is 5.69 Å². The first-order valence-electron chi connectivity index (χ1n) is 9.85. The highest BCUT2D eigenvalue weighted by atomic mass is 19.1. The molecule has 0 aliphatic heterocycles. The van der Waals surface area contributed by atoms with Crippen LogP contribution in [-0.2, 0) is 6.42 Å². The summed E-state index contributed by atoms with van der Waals surface area (Å²) < 4.78 is 35.0. The maximum absolute atomic E-state index is 15.0. The Morgan fingerprint density at radius 3 is 2.85 bits per heavy atom. The summed E-state index contributed by atoms with van der Waals surface area (Å²) in [7, 11) is 0. The average Bonchev–Trinajstić information content (AvgIpc) is 3.45. The van der Waals surface area contributed by atoms with E-state index in [1.165, 1.54) is 0 Å². The summed E-state index contributed by atoms with van der Waals surface area (Å²) in [5, 5.41) is 9.93. The van der Waals surface area contributed by atoms with Crippen LogP contribution in [0.4, 0.5) is 26.1 Å². The van der Waals surface area contributed by atoms with E-state index in [-0.39, 0.29) is 34.3 Å². The highest BCUT2D eigenvalue weighted by Gasteiger charge is 2.24. The normalized spacial score (nSPS) is 12.1. The fourth-order valence-corrected chi connectivity index (χ4v) is 3.53.